The summed E-state index contributed by atoms with van der Waals surface area (Å²) in [6.45, 7) is 6.69. The fourth-order valence-corrected chi connectivity index (χ4v) is 2.06. The predicted octanol–water partition coefficient (Wildman–Crippen LogP) is 0.596. The minimum Gasteiger partial charge on any atom is -0.388 e. The first kappa shape index (κ1) is 14.2. The van der Waals surface area contributed by atoms with Crippen LogP contribution < -0.4 is 0 Å². The summed E-state index contributed by atoms with van der Waals surface area (Å²) in [5.74, 6) is 0. The molecule has 0 saturated carbocycles. The first-order chi connectivity index (χ1) is 8.76. The van der Waals surface area contributed by atoms with Crippen LogP contribution in [0.1, 0.15) is 19.8 Å². The van der Waals surface area contributed by atoms with Crippen LogP contribution in [0.5, 0.6) is 0 Å². The molecule has 0 spiro atoms. The van der Waals surface area contributed by atoms with E-state index in [0.29, 0.717) is 19.8 Å². The number of hydrogen-bond acceptors (Lipinski definition) is 5. The molecule has 2 fully saturated rings. The van der Waals surface area contributed by atoms with Gasteiger partial charge < -0.3 is 24.1 Å². The van der Waals surface area contributed by atoms with Crippen molar-refractivity contribution in [3.05, 3.63) is 0 Å². The Kier molecular flexibility index (Phi) is 5.38. The molecule has 2 aliphatic rings. The molecular weight excluding hydrogens is 236 g/mol. The number of rotatable bonds is 9. The molecule has 0 aliphatic carbocycles. The van der Waals surface area contributed by atoms with Crippen LogP contribution in [-0.4, -0.2) is 63.6 Å². The van der Waals surface area contributed by atoms with Crippen molar-refractivity contribution < 1.29 is 24.1 Å². The SMILES string of the molecule is CCC1(COCCOCC(O)C2CCO2)COC1. The molecule has 2 atom stereocenters. The summed E-state index contributed by atoms with van der Waals surface area (Å²) >= 11 is 0. The van der Waals surface area contributed by atoms with E-state index in [-0.39, 0.29) is 11.5 Å². The summed E-state index contributed by atoms with van der Waals surface area (Å²) < 4.78 is 21.4. The van der Waals surface area contributed by atoms with Gasteiger partial charge in [-0.05, 0) is 12.8 Å². The second-order valence-electron chi connectivity index (χ2n) is 5.24. The van der Waals surface area contributed by atoms with E-state index < -0.39 is 6.10 Å². The number of ether oxygens (including phenoxy) is 4. The van der Waals surface area contributed by atoms with Gasteiger partial charge in [0.05, 0.1) is 45.7 Å². The van der Waals surface area contributed by atoms with Crippen LogP contribution in [-0.2, 0) is 18.9 Å². The fraction of sp³-hybridized carbons (Fsp3) is 1.00. The van der Waals surface area contributed by atoms with Crippen molar-refractivity contribution in [2.45, 2.75) is 32.0 Å². The Hall–Kier alpha value is -0.200. The molecule has 0 bridgehead atoms. The monoisotopic (exact) mass is 260 g/mol. The van der Waals surface area contributed by atoms with Gasteiger partial charge in [0.2, 0.25) is 0 Å². The van der Waals surface area contributed by atoms with E-state index in [1.165, 1.54) is 0 Å². The maximum absolute atomic E-state index is 9.63. The first-order valence-electron chi connectivity index (χ1n) is 6.79. The topological polar surface area (TPSA) is 57.2 Å². The molecular formula is C13H24O5. The van der Waals surface area contributed by atoms with Gasteiger partial charge in [-0.15, -0.1) is 0 Å². The highest BCUT2D eigenvalue weighted by Gasteiger charge is 2.36. The lowest BCUT2D eigenvalue weighted by Crippen LogP contribution is -2.46. The summed E-state index contributed by atoms with van der Waals surface area (Å²) in [7, 11) is 0. The molecule has 0 radical (unpaired) electrons. The Morgan fingerprint density at radius 2 is 2.06 bits per heavy atom. The lowest BCUT2D eigenvalue weighted by Gasteiger charge is -2.40. The number of aliphatic hydroxyl groups is 1. The Bertz CT molecular complexity index is 232. The summed E-state index contributed by atoms with van der Waals surface area (Å²) in [6.07, 6.45) is 1.49. The summed E-state index contributed by atoms with van der Waals surface area (Å²) in [4.78, 5) is 0. The van der Waals surface area contributed by atoms with E-state index >= 15 is 0 Å². The molecule has 1 N–H and O–H groups in total. The van der Waals surface area contributed by atoms with Crippen molar-refractivity contribution in [1.29, 1.82) is 0 Å². The molecule has 5 nitrogen and oxygen atoms in total. The van der Waals surface area contributed by atoms with Crippen LogP contribution in [0.25, 0.3) is 0 Å². The molecule has 2 rings (SSSR count). The van der Waals surface area contributed by atoms with E-state index in [1.54, 1.807) is 0 Å². The molecule has 2 heterocycles. The Balaban J connectivity index is 1.43. The van der Waals surface area contributed by atoms with Gasteiger partial charge in [0, 0.05) is 12.0 Å². The van der Waals surface area contributed by atoms with E-state index in [9.17, 15) is 5.11 Å². The van der Waals surface area contributed by atoms with Gasteiger partial charge in [0.15, 0.2) is 0 Å². The summed E-state index contributed by atoms with van der Waals surface area (Å²) in [5.41, 5.74) is 0.235. The Morgan fingerprint density at radius 1 is 1.33 bits per heavy atom. The van der Waals surface area contributed by atoms with E-state index in [4.69, 9.17) is 18.9 Å². The minimum absolute atomic E-state index is 0.0265. The van der Waals surface area contributed by atoms with Gasteiger partial charge in [-0.1, -0.05) is 6.92 Å². The molecule has 0 amide bonds. The van der Waals surface area contributed by atoms with E-state index in [2.05, 4.69) is 6.92 Å². The lowest BCUT2D eigenvalue weighted by molar-refractivity contribution is -0.157. The smallest absolute Gasteiger partial charge is 0.103 e. The molecule has 5 heteroatoms. The average molecular weight is 260 g/mol. The number of hydrogen-bond donors (Lipinski definition) is 1. The molecule has 2 saturated heterocycles. The minimum atomic E-state index is -0.499. The van der Waals surface area contributed by atoms with E-state index in [1.807, 2.05) is 0 Å². The third-order valence-electron chi connectivity index (χ3n) is 3.80. The zero-order valence-corrected chi connectivity index (χ0v) is 11.1. The van der Waals surface area contributed by atoms with Gasteiger partial charge in [-0.3, -0.25) is 0 Å². The molecule has 2 aliphatic heterocycles. The third kappa shape index (κ3) is 3.65. The van der Waals surface area contributed by atoms with Crippen molar-refractivity contribution in [2.75, 3.05) is 46.2 Å². The zero-order valence-electron chi connectivity index (χ0n) is 11.1. The van der Waals surface area contributed by atoms with Crippen LogP contribution in [0, 0.1) is 5.41 Å². The van der Waals surface area contributed by atoms with Gasteiger partial charge in [0.1, 0.15) is 6.10 Å². The quantitative estimate of drug-likeness (QED) is 0.615. The molecule has 0 aromatic heterocycles. The molecule has 18 heavy (non-hydrogen) atoms. The van der Waals surface area contributed by atoms with Crippen molar-refractivity contribution in [3.8, 4) is 0 Å². The molecule has 0 aromatic rings. The normalized spacial score (nSPS) is 27.3. The maximum Gasteiger partial charge on any atom is 0.103 e. The van der Waals surface area contributed by atoms with Crippen molar-refractivity contribution in [3.63, 3.8) is 0 Å². The van der Waals surface area contributed by atoms with Crippen LogP contribution in [0.2, 0.25) is 0 Å². The van der Waals surface area contributed by atoms with Crippen LogP contribution in [0.15, 0.2) is 0 Å². The van der Waals surface area contributed by atoms with Crippen molar-refractivity contribution in [2.24, 2.45) is 5.41 Å². The van der Waals surface area contributed by atoms with Gasteiger partial charge in [-0.25, -0.2) is 0 Å². The van der Waals surface area contributed by atoms with Crippen molar-refractivity contribution >= 4 is 0 Å². The van der Waals surface area contributed by atoms with Gasteiger partial charge in [0.25, 0.3) is 0 Å². The second kappa shape index (κ2) is 6.82. The Labute approximate surface area is 108 Å². The second-order valence-corrected chi connectivity index (χ2v) is 5.24. The molecule has 0 aromatic carbocycles. The van der Waals surface area contributed by atoms with Crippen molar-refractivity contribution in [1.82, 2.24) is 0 Å². The lowest BCUT2D eigenvalue weighted by atomic mass is 9.84. The standard InChI is InChI=1S/C13H24O5/c1-2-13(9-17-10-13)8-16-6-5-15-7-11(14)12-3-4-18-12/h11-12,14H,2-10H2,1H3. The largest absolute Gasteiger partial charge is 0.388 e. The molecule has 2 unspecified atom stereocenters. The van der Waals surface area contributed by atoms with Crippen LogP contribution in [0.3, 0.4) is 0 Å². The van der Waals surface area contributed by atoms with Crippen LogP contribution in [0.4, 0.5) is 0 Å². The highest BCUT2D eigenvalue weighted by Crippen LogP contribution is 2.31. The average Bonchev–Trinajstić information content (AvgIpc) is 2.23. The molecule has 106 valence electrons. The highest BCUT2D eigenvalue weighted by molar-refractivity contribution is 4.83. The van der Waals surface area contributed by atoms with Gasteiger partial charge >= 0.3 is 0 Å². The third-order valence-corrected chi connectivity index (χ3v) is 3.80. The first-order valence-corrected chi connectivity index (χ1v) is 6.79. The predicted molar refractivity (Wildman–Crippen MR) is 65.5 cm³/mol. The zero-order chi connectivity index (χ0) is 12.8. The van der Waals surface area contributed by atoms with Crippen LogP contribution >= 0.6 is 0 Å². The Morgan fingerprint density at radius 3 is 2.56 bits per heavy atom. The summed E-state index contributed by atoms with van der Waals surface area (Å²) in [6, 6.07) is 0. The highest BCUT2D eigenvalue weighted by atomic mass is 16.5. The van der Waals surface area contributed by atoms with E-state index in [0.717, 1.165) is 39.3 Å². The maximum atomic E-state index is 9.63. The fourth-order valence-electron chi connectivity index (χ4n) is 2.06. The number of aliphatic hydroxyl groups excluding tert-OH is 1. The van der Waals surface area contributed by atoms with Gasteiger partial charge in [-0.2, -0.15) is 0 Å². The summed E-state index contributed by atoms with van der Waals surface area (Å²) in [5, 5.41) is 9.63.